The van der Waals surface area contributed by atoms with Crippen molar-refractivity contribution in [2.75, 3.05) is 7.05 Å². The fourth-order valence-electron chi connectivity index (χ4n) is 2.02. The molecule has 0 fully saturated rings. The first-order chi connectivity index (χ1) is 10.7. The van der Waals surface area contributed by atoms with E-state index in [2.05, 4.69) is 5.10 Å². The second kappa shape index (κ2) is 6.04. The molecular weight excluding hydrogens is 318 g/mol. The predicted octanol–water partition coefficient (Wildman–Crippen LogP) is 2.77. The fourth-order valence-corrected chi connectivity index (χ4v) is 2.23. The molecule has 0 aliphatic heterocycles. The lowest BCUT2D eigenvalue weighted by molar-refractivity contribution is -0.147. The molecule has 1 aromatic heterocycles. The van der Waals surface area contributed by atoms with Crippen LogP contribution in [-0.4, -0.2) is 44.3 Å². The molecule has 0 bridgehead atoms. The Bertz CT molecular complexity index is 768. The molecule has 1 amide bonds. The molecule has 0 radical (unpaired) electrons. The van der Waals surface area contributed by atoms with E-state index in [1.165, 1.54) is 20.9 Å². The number of carbonyl (C=O) groups is 2. The summed E-state index contributed by atoms with van der Waals surface area (Å²) in [5.41, 5.74) is 0.215. The van der Waals surface area contributed by atoms with Crippen LogP contribution < -0.4 is 0 Å². The summed E-state index contributed by atoms with van der Waals surface area (Å²) in [6, 6.07) is 8.77. The van der Waals surface area contributed by atoms with Gasteiger partial charge in [0.25, 0.3) is 5.91 Å². The van der Waals surface area contributed by atoms with Gasteiger partial charge in [-0.15, -0.1) is 0 Å². The molecule has 23 heavy (non-hydrogen) atoms. The van der Waals surface area contributed by atoms with Gasteiger partial charge in [0.2, 0.25) is 0 Å². The number of aromatic nitrogens is 2. The van der Waals surface area contributed by atoms with E-state index in [1.807, 2.05) is 6.07 Å². The zero-order chi connectivity index (χ0) is 17.4. The number of rotatable bonds is 4. The second-order valence-corrected chi connectivity index (χ2v) is 6.17. The molecule has 6 nitrogen and oxygen atoms in total. The van der Waals surface area contributed by atoms with Crippen molar-refractivity contribution >= 4 is 23.5 Å². The van der Waals surface area contributed by atoms with Crippen LogP contribution in [-0.2, 0) is 4.79 Å². The van der Waals surface area contributed by atoms with E-state index in [0.717, 1.165) is 10.6 Å². The smallest absolute Gasteiger partial charge is 0.329 e. The molecule has 0 saturated heterocycles. The van der Waals surface area contributed by atoms with Crippen molar-refractivity contribution < 1.29 is 14.7 Å². The molecule has 0 aliphatic carbocycles. The molecule has 1 aromatic carbocycles. The molecule has 2 rings (SSSR count). The lowest BCUT2D eigenvalue weighted by Gasteiger charge is -2.30. The molecule has 7 heteroatoms. The number of para-hydroxylation sites is 1. The number of nitrogens with zero attached hydrogens (tertiary/aromatic N) is 3. The summed E-state index contributed by atoms with van der Waals surface area (Å²) in [6.07, 6.45) is 0. The molecular formula is C16H18ClN3O3. The highest BCUT2D eigenvalue weighted by Gasteiger charge is 2.36. The van der Waals surface area contributed by atoms with Crippen molar-refractivity contribution in [2.24, 2.45) is 0 Å². The molecule has 0 aliphatic rings. The minimum Gasteiger partial charge on any atom is -0.480 e. The third-order valence-electron chi connectivity index (χ3n) is 3.85. The van der Waals surface area contributed by atoms with Crippen LogP contribution in [0.15, 0.2) is 30.3 Å². The molecule has 2 aromatic rings. The summed E-state index contributed by atoms with van der Waals surface area (Å²) in [5.74, 6) is -1.55. The molecule has 0 atom stereocenters. The molecule has 0 spiro atoms. The lowest BCUT2D eigenvalue weighted by Crippen LogP contribution is -2.50. The highest BCUT2D eigenvalue weighted by atomic mass is 35.5. The van der Waals surface area contributed by atoms with Crippen molar-refractivity contribution in [3.05, 3.63) is 46.7 Å². The molecule has 0 saturated carbocycles. The van der Waals surface area contributed by atoms with Gasteiger partial charge in [-0.05, 0) is 39.0 Å². The van der Waals surface area contributed by atoms with Gasteiger partial charge in [-0.3, -0.25) is 4.79 Å². The van der Waals surface area contributed by atoms with Crippen LogP contribution in [0, 0.1) is 6.92 Å². The van der Waals surface area contributed by atoms with Crippen molar-refractivity contribution in [1.82, 2.24) is 14.7 Å². The van der Waals surface area contributed by atoms with Crippen molar-refractivity contribution in [3.63, 3.8) is 0 Å². The first-order valence-corrected chi connectivity index (χ1v) is 7.37. The topological polar surface area (TPSA) is 75.4 Å². The van der Waals surface area contributed by atoms with E-state index in [4.69, 9.17) is 11.6 Å². The maximum atomic E-state index is 12.5. The average Bonchev–Trinajstić information content (AvgIpc) is 2.87. The first kappa shape index (κ1) is 17.0. The van der Waals surface area contributed by atoms with Crippen LogP contribution in [0.2, 0.25) is 5.02 Å². The maximum absolute atomic E-state index is 12.5. The quantitative estimate of drug-likeness (QED) is 0.932. The van der Waals surface area contributed by atoms with E-state index >= 15 is 0 Å². The largest absolute Gasteiger partial charge is 0.480 e. The number of aryl methyl sites for hydroxylation is 1. The summed E-state index contributed by atoms with van der Waals surface area (Å²) >= 11 is 6.16. The Labute approximate surface area is 139 Å². The summed E-state index contributed by atoms with van der Waals surface area (Å²) in [5, 5.41) is 14.0. The number of carboxylic acid groups (broad SMARTS) is 1. The zero-order valence-electron chi connectivity index (χ0n) is 13.4. The van der Waals surface area contributed by atoms with Gasteiger partial charge in [-0.25, -0.2) is 9.48 Å². The van der Waals surface area contributed by atoms with Crippen LogP contribution >= 0.6 is 11.6 Å². The number of carbonyl (C=O) groups excluding carboxylic acids is 1. The van der Waals surface area contributed by atoms with Crippen LogP contribution in [0.25, 0.3) is 5.69 Å². The Morgan fingerprint density at radius 2 is 1.91 bits per heavy atom. The first-order valence-electron chi connectivity index (χ1n) is 6.99. The van der Waals surface area contributed by atoms with Gasteiger partial charge in [-0.2, -0.15) is 5.10 Å². The normalized spacial score (nSPS) is 11.3. The number of halogens is 1. The number of likely N-dealkylation sites (N-methyl/N-ethyl adjacent to an activating group) is 1. The number of aliphatic carboxylic acids is 1. The van der Waals surface area contributed by atoms with Crippen molar-refractivity contribution in [2.45, 2.75) is 26.3 Å². The number of hydrogen-bond donors (Lipinski definition) is 1. The third kappa shape index (κ3) is 3.07. The van der Waals surface area contributed by atoms with Gasteiger partial charge >= 0.3 is 5.97 Å². The molecule has 1 N–H and O–H groups in total. The predicted molar refractivity (Wildman–Crippen MR) is 87.1 cm³/mol. The Hall–Kier alpha value is -2.34. The number of carboxylic acids is 1. The van der Waals surface area contributed by atoms with Gasteiger partial charge < -0.3 is 10.0 Å². The van der Waals surface area contributed by atoms with Gasteiger partial charge in [0.1, 0.15) is 5.54 Å². The monoisotopic (exact) mass is 335 g/mol. The van der Waals surface area contributed by atoms with E-state index < -0.39 is 17.4 Å². The van der Waals surface area contributed by atoms with Crippen LogP contribution in [0.4, 0.5) is 0 Å². The highest BCUT2D eigenvalue weighted by molar-refractivity contribution is 6.32. The molecule has 1 heterocycles. The Kier molecular flexibility index (Phi) is 4.47. The van der Waals surface area contributed by atoms with Crippen LogP contribution in [0.5, 0.6) is 0 Å². The minimum absolute atomic E-state index is 0.166. The van der Waals surface area contributed by atoms with E-state index in [-0.39, 0.29) is 5.69 Å². The standard InChI is InChI=1S/C16H18ClN3O3/c1-10-9-12(14(21)19(4)16(2,3)15(22)23)18-20(10)13-8-6-5-7-11(13)17/h5-9H,1-4H3,(H,22,23). The lowest BCUT2D eigenvalue weighted by atomic mass is 10.0. The fraction of sp³-hybridized carbons (Fsp3) is 0.312. The Balaban J connectivity index is 2.40. The van der Waals surface area contributed by atoms with E-state index in [1.54, 1.807) is 35.9 Å². The second-order valence-electron chi connectivity index (χ2n) is 5.76. The Morgan fingerprint density at radius 1 is 1.30 bits per heavy atom. The van der Waals surface area contributed by atoms with E-state index in [0.29, 0.717) is 10.7 Å². The summed E-state index contributed by atoms with van der Waals surface area (Å²) < 4.78 is 1.57. The zero-order valence-corrected chi connectivity index (χ0v) is 14.1. The van der Waals surface area contributed by atoms with E-state index in [9.17, 15) is 14.7 Å². The van der Waals surface area contributed by atoms with Crippen molar-refractivity contribution in [1.29, 1.82) is 0 Å². The van der Waals surface area contributed by atoms with Gasteiger partial charge in [0.15, 0.2) is 5.69 Å². The molecule has 0 unspecified atom stereocenters. The maximum Gasteiger partial charge on any atom is 0.329 e. The number of hydrogen-bond acceptors (Lipinski definition) is 3. The summed E-state index contributed by atoms with van der Waals surface area (Å²) in [4.78, 5) is 25.0. The van der Waals surface area contributed by atoms with Crippen LogP contribution in [0.1, 0.15) is 30.0 Å². The van der Waals surface area contributed by atoms with Gasteiger partial charge in [0.05, 0.1) is 10.7 Å². The summed E-state index contributed by atoms with van der Waals surface area (Å²) in [6.45, 7) is 4.73. The molecule has 122 valence electrons. The minimum atomic E-state index is -1.33. The average molecular weight is 336 g/mol. The summed E-state index contributed by atoms with van der Waals surface area (Å²) in [7, 11) is 1.44. The third-order valence-corrected chi connectivity index (χ3v) is 4.17. The highest BCUT2D eigenvalue weighted by Crippen LogP contribution is 2.22. The number of benzene rings is 1. The SMILES string of the molecule is Cc1cc(C(=O)N(C)C(C)(C)C(=O)O)nn1-c1ccccc1Cl. The van der Waals surface area contributed by atoms with Gasteiger partial charge in [0, 0.05) is 12.7 Å². The van der Waals surface area contributed by atoms with Crippen LogP contribution in [0.3, 0.4) is 0 Å². The Morgan fingerprint density at radius 3 is 2.48 bits per heavy atom. The van der Waals surface area contributed by atoms with Gasteiger partial charge in [-0.1, -0.05) is 23.7 Å². The van der Waals surface area contributed by atoms with Crippen molar-refractivity contribution in [3.8, 4) is 5.69 Å². The number of amides is 1.